The van der Waals surface area contributed by atoms with E-state index in [4.69, 9.17) is 5.73 Å². The van der Waals surface area contributed by atoms with Gasteiger partial charge in [-0.2, -0.15) is 9.37 Å². The van der Waals surface area contributed by atoms with Crippen LogP contribution in [0.1, 0.15) is 19.9 Å². The van der Waals surface area contributed by atoms with Gasteiger partial charge in [0.25, 0.3) is 6.08 Å². The molecule has 2 aromatic rings. The Morgan fingerprint density at radius 3 is 2.79 bits per heavy atom. The maximum absolute atomic E-state index is 13.4. The Hall–Kier alpha value is -1.72. The van der Waals surface area contributed by atoms with Crippen LogP contribution in [0.5, 0.6) is 0 Å². The number of anilines is 1. The average molecular weight is 195 g/mol. The molecule has 0 saturated heterocycles. The van der Waals surface area contributed by atoms with Gasteiger partial charge in [-0.3, -0.25) is 4.57 Å². The topological polar surface area (TPSA) is 69.6 Å². The lowest BCUT2D eigenvalue weighted by molar-refractivity contribution is 0.442. The smallest absolute Gasteiger partial charge is 0.291 e. The maximum Gasteiger partial charge on any atom is 0.291 e. The van der Waals surface area contributed by atoms with Gasteiger partial charge in [0, 0.05) is 6.04 Å². The van der Waals surface area contributed by atoms with Crippen molar-refractivity contribution in [3.8, 4) is 0 Å². The SMILES string of the molecule is CC(C)n1c(F)nc2c(N)ncnc21. The first-order valence-electron chi connectivity index (χ1n) is 4.25. The maximum atomic E-state index is 13.4. The zero-order valence-corrected chi connectivity index (χ0v) is 7.90. The van der Waals surface area contributed by atoms with Crippen LogP contribution in [0.25, 0.3) is 11.2 Å². The van der Waals surface area contributed by atoms with Gasteiger partial charge in [0.05, 0.1) is 0 Å². The second-order valence-corrected chi connectivity index (χ2v) is 3.28. The fourth-order valence-electron chi connectivity index (χ4n) is 1.36. The predicted octanol–water partition coefficient (Wildman–Crippen LogP) is 1.13. The number of imidazole rings is 1. The van der Waals surface area contributed by atoms with Crippen molar-refractivity contribution in [2.45, 2.75) is 19.9 Å². The molecule has 0 unspecified atom stereocenters. The lowest BCUT2D eigenvalue weighted by atomic mass is 10.4. The van der Waals surface area contributed by atoms with Gasteiger partial charge in [0.1, 0.15) is 6.33 Å². The molecule has 0 atom stereocenters. The molecule has 2 N–H and O–H groups in total. The fraction of sp³-hybridized carbons (Fsp3) is 0.375. The van der Waals surface area contributed by atoms with E-state index in [0.29, 0.717) is 11.2 Å². The van der Waals surface area contributed by atoms with Gasteiger partial charge >= 0.3 is 0 Å². The highest BCUT2D eigenvalue weighted by atomic mass is 19.1. The van der Waals surface area contributed by atoms with E-state index < -0.39 is 6.08 Å². The van der Waals surface area contributed by atoms with Crippen molar-refractivity contribution in [1.82, 2.24) is 19.5 Å². The number of rotatable bonds is 1. The molecule has 0 aromatic carbocycles. The Balaban J connectivity index is 2.83. The van der Waals surface area contributed by atoms with E-state index in [9.17, 15) is 4.39 Å². The Kier molecular flexibility index (Phi) is 1.83. The van der Waals surface area contributed by atoms with Crippen LogP contribution in [-0.2, 0) is 0 Å². The van der Waals surface area contributed by atoms with Gasteiger partial charge in [-0.15, -0.1) is 0 Å². The second-order valence-electron chi connectivity index (χ2n) is 3.28. The summed E-state index contributed by atoms with van der Waals surface area (Å²) in [6.07, 6.45) is 0.722. The summed E-state index contributed by atoms with van der Waals surface area (Å²) in [5, 5.41) is 0. The standard InChI is InChI=1S/C8H10FN5/c1-4(2)14-7-5(13-8(14)9)6(10)11-3-12-7/h3-4H,1-2H3,(H2,10,11,12). The van der Waals surface area contributed by atoms with Crippen molar-refractivity contribution in [2.24, 2.45) is 0 Å². The molecule has 6 heteroatoms. The van der Waals surface area contributed by atoms with Crippen LogP contribution in [0.4, 0.5) is 10.2 Å². The summed E-state index contributed by atoms with van der Waals surface area (Å²) in [6, 6.07) is -0.0469. The Bertz CT molecular complexity index is 476. The molecule has 5 nitrogen and oxygen atoms in total. The molecule has 0 aliphatic rings. The molecule has 0 aliphatic heterocycles. The van der Waals surface area contributed by atoms with Crippen LogP contribution in [-0.4, -0.2) is 19.5 Å². The van der Waals surface area contributed by atoms with E-state index in [1.165, 1.54) is 10.9 Å². The summed E-state index contributed by atoms with van der Waals surface area (Å²) >= 11 is 0. The third kappa shape index (κ3) is 1.11. The van der Waals surface area contributed by atoms with Crippen LogP contribution < -0.4 is 5.73 Å². The Morgan fingerprint density at radius 1 is 1.43 bits per heavy atom. The monoisotopic (exact) mass is 195 g/mol. The zero-order valence-electron chi connectivity index (χ0n) is 7.90. The third-order valence-corrected chi connectivity index (χ3v) is 1.98. The molecule has 0 fully saturated rings. The van der Waals surface area contributed by atoms with Crippen molar-refractivity contribution in [3.63, 3.8) is 0 Å². The minimum absolute atomic E-state index is 0.0469. The first kappa shape index (κ1) is 8.86. The number of nitrogen functional groups attached to an aromatic ring is 1. The van der Waals surface area contributed by atoms with Gasteiger partial charge in [-0.1, -0.05) is 0 Å². The largest absolute Gasteiger partial charge is 0.382 e. The lowest BCUT2D eigenvalue weighted by Crippen LogP contribution is -2.04. The first-order chi connectivity index (χ1) is 6.61. The number of nitrogens with zero attached hydrogens (tertiary/aromatic N) is 4. The normalized spacial score (nSPS) is 11.4. The van der Waals surface area contributed by atoms with E-state index in [0.717, 1.165) is 0 Å². The van der Waals surface area contributed by atoms with Crippen molar-refractivity contribution < 1.29 is 4.39 Å². The average Bonchev–Trinajstić information content (AvgIpc) is 2.42. The van der Waals surface area contributed by atoms with Crippen LogP contribution in [0.3, 0.4) is 0 Å². The van der Waals surface area contributed by atoms with Crippen LogP contribution in [0.2, 0.25) is 0 Å². The molecule has 2 rings (SSSR count). The highest BCUT2D eigenvalue weighted by Crippen LogP contribution is 2.20. The Labute approximate surface area is 79.8 Å². The molecule has 0 amide bonds. The molecule has 74 valence electrons. The highest BCUT2D eigenvalue weighted by molar-refractivity contribution is 5.81. The van der Waals surface area contributed by atoms with Crippen LogP contribution in [0, 0.1) is 6.08 Å². The van der Waals surface area contributed by atoms with Crippen molar-refractivity contribution in [3.05, 3.63) is 12.4 Å². The summed E-state index contributed by atoms with van der Waals surface area (Å²) in [7, 11) is 0. The Morgan fingerprint density at radius 2 is 2.14 bits per heavy atom. The van der Waals surface area contributed by atoms with Gasteiger partial charge in [-0.25, -0.2) is 9.97 Å². The van der Waals surface area contributed by atoms with Gasteiger partial charge in [-0.05, 0) is 13.8 Å². The van der Waals surface area contributed by atoms with Crippen molar-refractivity contribution >= 4 is 17.0 Å². The third-order valence-electron chi connectivity index (χ3n) is 1.98. The summed E-state index contributed by atoms with van der Waals surface area (Å²) in [6.45, 7) is 3.70. The van der Waals surface area contributed by atoms with Crippen molar-refractivity contribution in [1.29, 1.82) is 0 Å². The van der Waals surface area contributed by atoms with E-state index in [2.05, 4.69) is 15.0 Å². The number of nitrogens with two attached hydrogens (primary N) is 1. The van der Waals surface area contributed by atoms with Crippen LogP contribution in [0.15, 0.2) is 6.33 Å². The van der Waals surface area contributed by atoms with E-state index in [-0.39, 0.29) is 11.9 Å². The minimum Gasteiger partial charge on any atom is -0.382 e. The predicted molar refractivity (Wildman–Crippen MR) is 50.1 cm³/mol. The number of hydrogen-bond donors (Lipinski definition) is 1. The van der Waals surface area contributed by atoms with Gasteiger partial charge in [0.15, 0.2) is 17.0 Å². The molecule has 2 aromatic heterocycles. The number of fused-ring (bicyclic) bond motifs is 1. The van der Waals surface area contributed by atoms with E-state index >= 15 is 0 Å². The highest BCUT2D eigenvalue weighted by Gasteiger charge is 2.15. The summed E-state index contributed by atoms with van der Waals surface area (Å²) in [4.78, 5) is 11.4. The first-order valence-corrected chi connectivity index (χ1v) is 4.25. The summed E-state index contributed by atoms with van der Waals surface area (Å²) < 4.78 is 14.7. The number of aromatic nitrogens is 4. The van der Waals surface area contributed by atoms with E-state index in [1.54, 1.807) is 0 Å². The van der Waals surface area contributed by atoms with Crippen molar-refractivity contribution in [2.75, 3.05) is 5.73 Å². The molecule has 14 heavy (non-hydrogen) atoms. The van der Waals surface area contributed by atoms with Gasteiger partial charge < -0.3 is 5.73 Å². The number of halogens is 1. The zero-order chi connectivity index (χ0) is 10.3. The summed E-state index contributed by atoms with van der Waals surface area (Å²) in [5.74, 6) is 0.202. The lowest BCUT2D eigenvalue weighted by Gasteiger charge is -2.06. The molecule has 0 saturated carbocycles. The molecule has 0 bridgehead atoms. The molecule has 2 heterocycles. The quantitative estimate of drug-likeness (QED) is 0.692. The summed E-state index contributed by atoms with van der Waals surface area (Å²) in [5.41, 5.74) is 6.30. The molecule has 0 radical (unpaired) electrons. The van der Waals surface area contributed by atoms with Crippen LogP contribution >= 0.6 is 0 Å². The van der Waals surface area contributed by atoms with E-state index in [1.807, 2.05) is 13.8 Å². The second kappa shape index (κ2) is 2.90. The minimum atomic E-state index is -0.581. The molecule has 0 aliphatic carbocycles. The molecular formula is C8H10FN5. The molecular weight excluding hydrogens is 185 g/mol. The molecule has 0 spiro atoms. The van der Waals surface area contributed by atoms with Gasteiger partial charge in [0.2, 0.25) is 0 Å². The number of hydrogen-bond acceptors (Lipinski definition) is 4. The fourth-order valence-corrected chi connectivity index (χ4v) is 1.36.